The van der Waals surface area contributed by atoms with Crippen LogP contribution in [0, 0.1) is 11.3 Å². The fourth-order valence-electron chi connectivity index (χ4n) is 2.24. The van der Waals surface area contributed by atoms with Crippen molar-refractivity contribution in [2.24, 2.45) is 11.3 Å². The molecule has 0 aliphatic carbocycles. The van der Waals surface area contributed by atoms with Crippen LogP contribution in [0.5, 0.6) is 0 Å². The highest BCUT2D eigenvalue weighted by Gasteiger charge is 2.34. The van der Waals surface area contributed by atoms with Gasteiger partial charge in [0.1, 0.15) is 0 Å². The summed E-state index contributed by atoms with van der Waals surface area (Å²) >= 11 is 0. The summed E-state index contributed by atoms with van der Waals surface area (Å²) < 4.78 is 1.60. The van der Waals surface area contributed by atoms with Crippen LogP contribution < -0.4 is 10.9 Å². The Balaban J connectivity index is 2.94. The molecule has 0 amide bonds. The highest BCUT2D eigenvalue weighted by Crippen LogP contribution is 2.26. The van der Waals surface area contributed by atoms with Crippen LogP contribution in [0.15, 0.2) is 17.2 Å². The molecule has 1 rings (SSSR count). The molecule has 0 atom stereocenters. The first kappa shape index (κ1) is 17.2. The van der Waals surface area contributed by atoms with Crippen LogP contribution in [0.3, 0.4) is 0 Å². The van der Waals surface area contributed by atoms with Gasteiger partial charge < -0.3 is 15.0 Å². The van der Waals surface area contributed by atoms with E-state index < -0.39 is 11.4 Å². The maximum atomic E-state index is 12.3. The lowest BCUT2D eigenvalue weighted by molar-refractivity contribution is -0.148. The predicted octanol–water partition coefficient (Wildman–Crippen LogP) is 2.20. The molecule has 21 heavy (non-hydrogen) atoms. The minimum absolute atomic E-state index is 0.198. The SMILES string of the molecule is CCC(CC)(CNc1nccn(CC(C)C)c1=O)C(=O)O. The first-order valence-corrected chi connectivity index (χ1v) is 7.39. The van der Waals surface area contributed by atoms with Crippen molar-refractivity contribution in [2.45, 2.75) is 47.1 Å². The van der Waals surface area contributed by atoms with Crippen LogP contribution in [0.1, 0.15) is 40.5 Å². The summed E-state index contributed by atoms with van der Waals surface area (Å²) in [4.78, 5) is 27.8. The molecule has 6 heteroatoms. The fourth-order valence-corrected chi connectivity index (χ4v) is 2.24. The van der Waals surface area contributed by atoms with Crippen molar-refractivity contribution in [2.75, 3.05) is 11.9 Å². The Hall–Kier alpha value is -1.85. The number of carbonyl (C=O) groups is 1. The molecule has 2 N–H and O–H groups in total. The van der Waals surface area contributed by atoms with Crippen LogP contribution >= 0.6 is 0 Å². The Bertz CT molecular complexity index is 533. The van der Waals surface area contributed by atoms with Gasteiger partial charge in [0.05, 0.1) is 5.41 Å². The van der Waals surface area contributed by atoms with Crippen LogP contribution in [-0.2, 0) is 11.3 Å². The van der Waals surface area contributed by atoms with Gasteiger partial charge >= 0.3 is 5.97 Å². The zero-order chi connectivity index (χ0) is 16.0. The lowest BCUT2D eigenvalue weighted by atomic mass is 9.82. The maximum Gasteiger partial charge on any atom is 0.311 e. The third-order valence-electron chi connectivity index (χ3n) is 3.88. The Morgan fingerprint density at radius 1 is 1.43 bits per heavy atom. The maximum absolute atomic E-state index is 12.3. The molecular formula is C15H25N3O3. The van der Waals surface area contributed by atoms with E-state index in [2.05, 4.69) is 10.3 Å². The molecular weight excluding hydrogens is 270 g/mol. The van der Waals surface area contributed by atoms with E-state index in [1.807, 2.05) is 27.7 Å². The first-order chi connectivity index (χ1) is 9.86. The van der Waals surface area contributed by atoms with Gasteiger partial charge in [0.2, 0.25) is 0 Å². The number of aliphatic carboxylic acids is 1. The van der Waals surface area contributed by atoms with Crippen LogP contribution in [0.25, 0.3) is 0 Å². The molecule has 0 aromatic carbocycles. The fraction of sp³-hybridized carbons (Fsp3) is 0.667. The van der Waals surface area contributed by atoms with Gasteiger partial charge in [-0.25, -0.2) is 4.98 Å². The average Bonchev–Trinajstić information content (AvgIpc) is 2.43. The molecule has 0 aliphatic rings. The molecule has 0 saturated heterocycles. The Morgan fingerprint density at radius 2 is 2.05 bits per heavy atom. The molecule has 1 aromatic heterocycles. The number of hydrogen-bond acceptors (Lipinski definition) is 4. The molecule has 0 saturated carbocycles. The van der Waals surface area contributed by atoms with E-state index in [0.29, 0.717) is 25.3 Å². The number of hydrogen-bond donors (Lipinski definition) is 2. The van der Waals surface area contributed by atoms with Gasteiger partial charge in [-0.1, -0.05) is 27.7 Å². The highest BCUT2D eigenvalue weighted by atomic mass is 16.4. The van der Waals surface area contributed by atoms with Crippen molar-refractivity contribution in [3.63, 3.8) is 0 Å². The Morgan fingerprint density at radius 3 is 2.52 bits per heavy atom. The molecule has 1 heterocycles. The summed E-state index contributed by atoms with van der Waals surface area (Å²) in [6.45, 7) is 8.56. The largest absolute Gasteiger partial charge is 0.481 e. The van der Waals surface area contributed by atoms with E-state index in [1.54, 1.807) is 17.0 Å². The Kier molecular flexibility index (Phi) is 5.93. The van der Waals surface area contributed by atoms with Gasteiger partial charge in [-0.15, -0.1) is 0 Å². The number of rotatable bonds is 8. The summed E-state index contributed by atoms with van der Waals surface area (Å²) in [5.74, 6) is -0.286. The second-order valence-corrected chi connectivity index (χ2v) is 5.77. The number of nitrogens with zero attached hydrogens (tertiary/aromatic N) is 2. The monoisotopic (exact) mass is 295 g/mol. The minimum atomic E-state index is -0.868. The molecule has 0 unspecified atom stereocenters. The zero-order valence-corrected chi connectivity index (χ0v) is 13.2. The minimum Gasteiger partial charge on any atom is -0.481 e. The molecule has 0 radical (unpaired) electrons. The van der Waals surface area contributed by atoms with Crippen molar-refractivity contribution < 1.29 is 9.90 Å². The second-order valence-electron chi connectivity index (χ2n) is 5.77. The lowest BCUT2D eigenvalue weighted by Crippen LogP contribution is -2.38. The number of nitrogens with one attached hydrogen (secondary N) is 1. The summed E-state index contributed by atoms with van der Waals surface area (Å²) in [6, 6.07) is 0. The lowest BCUT2D eigenvalue weighted by Gasteiger charge is -2.27. The zero-order valence-electron chi connectivity index (χ0n) is 13.2. The topological polar surface area (TPSA) is 84.2 Å². The van der Waals surface area contributed by atoms with Gasteiger partial charge in [-0.3, -0.25) is 9.59 Å². The van der Waals surface area contributed by atoms with Gasteiger partial charge in [0.25, 0.3) is 5.56 Å². The number of carboxylic acid groups (broad SMARTS) is 1. The predicted molar refractivity (Wildman–Crippen MR) is 82.5 cm³/mol. The molecule has 0 fully saturated rings. The van der Waals surface area contributed by atoms with Crippen molar-refractivity contribution >= 4 is 11.8 Å². The quantitative estimate of drug-likeness (QED) is 0.768. The molecule has 0 spiro atoms. The van der Waals surface area contributed by atoms with Crippen molar-refractivity contribution in [3.8, 4) is 0 Å². The van der Waals surface area contributed by atoms with Crippen LogP contribution in [0.2, 0.25) is 0 Å². The van der Waals surface area contributed by atoms with Gasteiger partial charge in [0, 0.05) is 25.5 Å². The van der Waals surface area contributed by atoms with Crippen molar-refractivity contribution in [1.82, 2.24) is 9.55 Å². The third-order valence-corrected chi connectivity index (χ3v) is 3.88. The average molecular weight is 295 g/mol. The van der Waals surface area contributed by atoms with Gasteiger partial charge in [-0.2, -0.15) is 0 Å². The molecule has 6 nitrogen and oxygen atoms in total. The van der Waals surface area contributed by atoms with E-state index >= 15 is 0 Å². The summed E-state index contributed by atoms with van der Waals surface area (Å²) in [5, 5.41) is 12.3. The van der Waals surface area contributed by atoms with E-state index in [4.69, 9.17) is 0 Å². The number of aromatic nitrogens is 2. The van der Waals surface area contributed by atoms with Gasteiger partial charge in [0.15, 0.2) is 5.82 Å². The third kappa shape index (κ3) is 4.06. The van der Waals surface area contributed by atoms with Crippen LogP contribution in [-0.4, -0.2) is 27.2 Å². The van der Waals surface area contributed by atoms with Crippen molar-refractivity contribution in [3.05, 3.63) is 22.7 Å². The van der Waals surface area contributed by atoms with E-state index in [0.717, 1.165) is 0 Å². The molecule has 118 valence electrons. The molecule has 1 aromatic rings. The normalized spacial score (nSPS) is 11.7. The van der Waals surface area contributed by atoms with Gasteiger partial charge in [-0.05, 0) is 18.8 Å². The van der Waals surface area contributed by atoms with E-state index in [1.165, 1.54) is 0 Å². The smallest absolute Gasteiger partial charge is 0.311 e. The second kappa shape index (κ2) is 7.24. The van der Waals surface area contributed by atoms with Crippen LogP contribution in [0.4, 0.5) is 5.82 Å². The Labute approximate surface area is 125 Å². The number of carboxylic acids is 1. The molecule has 0 bridgehead atoms. The standard InChI is InChI=1S/C15H25N3O3/c1-5-15(6-2,14(20)21)10-17-12-13(19)18(8-7-16-12)9-11(3)4/h7-8,11H,5-6,9-10H2,1-4H3,(H,16,17)(H,20,21). The summed E-state index contributed by atoms with van der Waals surface area (Å²) in [7, 11) is 0. The summed E-state index contributed by atoms with van der Waals surface area (Å²) in [5.41, 5.74) is -1.08. The highest BCUT2D eigenvalue weighted by molar-refractivity contribution is 5.75. The summed E-state index contributed by atoms with van der Waals surface area (Å²) in [6.07, 6.45) is 4.21. The number of anilines is 1. The molecule has 0 aliphatic heterocycles. The first-order valence-electron chi connectivity index (χ1n) is 7.39. The van der Waals surface area contributed by atoms with Crippen molar-refractivity contribution in [1.29, 1.82) is 0 Å². The van der Waals surface area contributed by atoms with E-state index in [9.17, 15) is 14.7 Å². The van der Waals surface area contributed by atoms with E-state index in [-0.39, 0.29) is 17.9 Å².